The number of ether oxygens (including phenoxy) is 2. The molecule has 1 aromatic rings. The minimum absolute atomic E-state index is 0.0688. The van der Waals surface area contributed by atoms with Gasteiger partial charge >= 0.3 is 5.97 Å². The van der Waals surface area contributed by atoms with Crippen LogP contribution in [0.1, 0.15) is 12.7 Å². The molecule has 6 heteroatoms. The van der Waals surface area contributed by atoms with Crippen molar-refractivity contribution >= 4 is 5.97 Å². The zero-order valence-electron chi connectivity index (χ0n) is 8.19. The Morgan fingerprint density at radius 1 is 1.64 bits per heavy atom. The monoisotopic (exact) mass is 198 g/mol. The summed E-state index contributed by atoms with van der Waals surface area (Å²) in [6.07, 6.45) is 2.59. The lowest BCUT2D eigenvalue weighted by Gasteiger charge is -2.02. The van der Waals surface area contributed by atoms with E-state index < -0.39 is 0 Å². The van der Waals surface area contributed by atoms with Crippen LogP contribution < -0.4 is 0 Å². The van der Waals surface area contributed by atoms with Crippen LogP contribution in [-0.2, 0) is 27.9 Å². The summed E-state index contributed by atoms with van der Waals surface area (Å²) in [5.74, 6) is 0.243. The third-order valence-electron chi connectivity index (χ3n) is 1.50. The van der Waals surface area contributed by atoms with Gasteiger partial charge in [0, 0.05) is 7.05 Å². The highest BCUT2D eigenvalue weighted by Crippen LogP contribution is 1.94. The minimum Gasteiger partial charge on any atom is -0.464 e. The first-order valence-electron chi connectivity index (χ1n) is 4.23. The molecule has 1 heterocycles. The third kappa shape index (κ3) is 3.14. The topological polar surface area (TPSA) is 66.2 Å². The van der Waals surface area contributed by atoms with E-state index in [0.29, 0.717) is 12.4 Å². The zero-order chi connectivity index (χ0) is 10.4. The molecule has 0 aliphatic carbocycles. The van der Waals surface area contributed by atoms with Gasteiger partial charge in [0.1, 0.15) is 13.2 Å². The van der Waals surface area contributed by atoms with Crippen molar-refractivity contribution in [1.29, 1.82) is 0 Å². The molecule has 0 aromatic carbocycles. The summed E-state index contributed by atoms with van der Waals surface area (Å²) in [6, 6.07) is 0. The molecule has 0 unspecified atom stereocenters. The van der Waals surface area contributed by atoms with Crippen molar-refractivity contribution in [3.63, 3.8) is 0 Å². The van der Waals surface area contributed by atoms with E-state index in [4.69, 9.17) is 4.74 Å². The molecule has 0 saturated carbocycles. The van der Waals surface area contributed by atoms with Crippen molar-refractivity contribution in [3.05, 3.63) is 12.2 Å². The summed E-state index contributed by atoms with van der Waals surface area (Å²) in [4.78, 5) is 10.9. The number of aryl methyl sites for hydroxylation is 1. The van der Waals surface area contributed by atoms with Gasteiger partial charge in [-0.25, -0.2) is 4.79 Å². The predicted octanol–water partition coefficient (Wildman–Crippen LogP) is -0.305. The van der Waals surface area contributed by atoms with E-state index in [1.165, 1.54) is 0 Å². The number of aromatic nitrogens is 3. The van der Waals surface area contributed by atoms with Crippen molar-refractivity contribution in [1.82, 2.24) is 14.8 Å². The smallest absolute Gasteiger partial charge is 0.332 e. The van der Waals surface area contributed by atoms with Gasteiger partial charge in [-0.3, -0.25) is 0 Å². The number of esters is 1. The number of hydrogen-bond acceptors (Lipinski definition) is 5. The molecule has 1 aromatic heterocycles. The Kier molecular flexibility index (Phi) is 4.06. The number of carbonyl (C=O) groups excluding carboxylic acids is 1. The Morgan fingerprint density at radius 2 is 2.43 bits per heavy atom. The number of nitrogens with zero attached hydrogens (tertiary/aromatic N) is 3. The maximum Gasteiger partial charge on any atom is 0.332 e. The van der Waals surface area contributed by atoms with Crippen LogP contribution in [0.4, 0.5) is 0 Å². The number of hydrogen-bond donors (Lipinski definition) is 0. The molecule has 1 rings (SSSR count). The van der Waals surface area contributed by atoms with Gasteiger partial charge in [-0.1, -0.05) is 0 Å². The van der Waals surface area contributed by atoms with E-state index in [1.54, 1.807) is 18.5 Å². The number of carbonyl (C=O) groups is 1. The standard InChI is InChI=1S/C8H12N3O3/c1-3-14-8(12)5-13-4-7-10-9-6-11(7)2/h3-5H2,1-2H3. The second-order valence-corrected chi connectivity index (χ2v) is 2.57. The molecule has 1 radical (unpaired) electrons. The van der Waals surface area contributed by atoms with E-state index >= 15 is 0 Å². The quantitative estimate of drug-likeness (QED) is 0.607. The molecule has 0 aliphatic rings. The Morgan fingerprint density at radius 3 is 3.00 bits per heavy atom. The predicted molar refractivity (Wildman–Crippen MR) is 46.1 cm³/mol. The van der Waals surface area contributed by atoms with Gasteiger partial charge in [0.25, 0.3) is 0 Å². The summed E-state index contributed by atoms with van der Waals surface area (Å²) in [5.41, 5.74) is 0. The highest BCUT2D eigenvalue weighted by atomic mass is 16.6. The first-order chi connectivity index (χ1) is 6.74. The summed E-state index contributed by atoms with van der Waals surface area (Å²) in [5, 5.41) is 7.29. The van der Waals surface area contributed by atoms with Gasteiger partial charge in [-0.15, -0.1) is 10.2 Å². The molecule has 0 bridgehead atoms. The van der Waals surface area contributed by atoms with Crippen LogP contribution in [0.25, 0.3) is 0 Å². The van der Waals surface area contributed by atoms with Crippen molar-refractivity contribution in [2.45, 2.75) is 13.5 Å². The summed E-state index contributed by atoms with van der Waals surface area (Å²) < 4.78 is 11.3. The number of rotatable bonds is 5. The lowest BCUT2D eigenvalue weighted by atomic mass is 10.6. The Bertz CT molecular complexity index is 298. The molecule has 0 spiro atoms. The van der Waals surface area contributed by atoms with Crippen LogP contribution in [0.5, 0.6) is 0 Å². The van der Waals surface area contributed by atoms with Gasteiger partial charge in [-0.2, -0.15) is 0 Å². The first-order valence-corrected chi connectivity index (χ1v) is 4.23. The normalized spacial score (nSPS) is 10.1. The summed E-state index contributed by atoms with van der Waals surface area (Å²) >= 11 is 0. The van der Waals surface area contributed by atoms with E-state index in [1.807, 2.05) is 0 Å². The molecule has 0 amide bonds. The van der Waals surface area contributed by atoms with Gasteiger partial charge < -0.3 is 14.0 Å². The minimum atomic E-state index is -0.376. The second kappa shape index (κ2) is 5.33. The highest BCUT2D eigenvalue weighted by molar-refractivity contribution is 5.70. The Labute approximate surface area is 81.8 Å². The molecular weight excluding hydrogens is 186 g/mol. The summed E-state index contributed by atoms with van der Waals surface area (Å²) in [7, 11) is 1.75. The molecule has 0 atom stereocenters. The van der Waals surface area contributed by atoms with Gasteiger partial charge in [-0.05, 0) is 6.92 Å². The lowest BCUT2D eigenvalue weighted by molar-refractivity contribution is -0.148. The Hall–Kier alpha value is -1.43. The van der Waals surface area contributed by atoms with E-state index in [-0.39, 0.29) is 19.2 Å². The van der Waals surface area contributed by atoms with Crippen LogP contribution in [0.3, 0.4) is 0 Å². The lowest BCUT2D eigenvalue weighted by Crippen LogP contribution is -2.13. The SMILES string of the molecule is CCOC(=O)COCc1nn[c]n1C. The molecule has 6 nitrogen and oxygen atoms in total. The third-order valence-corrected chi connectivity index (χ3v) is 1.50. The molecule has 0 N–H and O–H groups in total. The largest absolute Gasteiger partial charge is 0.464 e. The Balaban J connectivity index is 2.22. The molecule has 0 aliphatic heterocycles. The zero-order valence-corrected chi connectivity index (χ0v) is 8.19. The van der Waals surface area contributed by atoms with Crippen LogP contribution >= 0.6 is 0 Å². The van der Waals surface area contributed by atoms with Crippen molar-refractivity contribution < 1.29 is 14.3 Å². The van der Waals surface area contributed by atoms with Crippen molar-refractivity contribution in [3.8, 4) is 0 Å². The van der Waals surface area contributed by atoms with E-state index in [2.05, 4.69) is 21.3 Å². The molecule has 14 heavy (non-hydrogen) atoms. The van der Waals surface area contributed by atoms with Crippen molar-refractivity contribution in [2.24, 2.45) is 7.05 Å². The van der Waals surface area contributed by atoms with Crippen LogP contribution in [0.2, 0.25) is 0 Å². The molecule has 0 fully saturated rings. The molecular formula is C8H12N3O3. The summed E-state index contributed by atoms with van der Waals surface area (Å²) in [6.45, 7) is 2.27. The average Bonchev–Trinajstić information content (AvgIpc) is 2.52. The fraction of sp³-hybridized carbons (Fsp3) is 0.625. The maximum atomic E-state index is 10.9. The van der Waals surface area contributed by atoms with E-state index in [0.717, 1.165) is 0 Å². The second-order valence-electron chi connectivity index (χ2n) is 2.57. The average molecular weight is 198 g/mol. The highest BCUT2D eigenvalue weighted by Gasteiger charge is 2.04. The fourth-order valence-electron chi connectivity index (χ4n) is 0.826. The molecule has 77 valence electrons. The maximum absolute atomic E-state index is 10.9. The van der Waals surface area contributed by atoms with Crippen LogP contribution in [-0.4, -0.2) is 33.9 Å². The van der Waals surface area contributed by atoms with Gasteiger partial charge in [0.15, 0.2) is 5.82 Å². The van der Waals surface area contributed by atoms with Gasteiger partial charge in [0.2, 0.25) is 6.33 Å². The van der Waals surface area contributed by atoms with E-state index in [9.17, 15) is 4.79 Å². The fourth-order valence-corrected chi connectivity index (χ4v) is 0.826. The van der Waals surface area contributed by atoms with Crippen LogP contribution in [0.15, 0.2) is 0 Å². The van der Waals surface area contributed by atoms with Crippen LogP contribution in [0, 0.1) is 6.33 Å². The van der Waals surface area contributed by atoms with Gasteiger partial charge in [0.05, 0.1) is 6.61 Å². The van der Waals surface area contributed by atoms with Crippen molar-refractivity contribution in [2.75, 3.05) is 13.2 Å². The first kappa shape index (κ1) is 10.6. The molecule has 0 saturated heterocycles.